The highest BCUT2D eigenvalue weighted by Gasteiger charge is 2.08. The molecule has 0 amide bonds. The summed E-state index contributed by atoms with van der Waals surface area (Å²) in [4.78, 5) is 1.49. The lowest BCUT2D eigenvalue weighted by Gasteiger charge is -2.19. The van der Waals surface area contributed by atoms with E-state index in [-0.39, 0.29) is 6.54 Å². The smallest absolute Gasteiger partial charge is 0.255 e. The van der Waals surface area contributed by atoms with Crippen LogP contribution < -0.4 is 10.6 Å². The molecule has 0 aliphatic heterocycles. The lowest BCUT2D eigenvalue weighted by atomic mass is 10.2. The Morgan fingerprint density at radius 3 is 2.50 bits per heavy atom. The van der Waals surface area contributed by atoms with Crippen LogP contribution in [0.15, 0.2) is 18.2 Å². The minimum absolute atomic E-state index is 0.275. The standard InChI is InChI=1S/C10H14F2N2/c1-7-3-8(13)5-9(4-7)14(2)6-10(11)12/h3-5,10H,6,13H2,1-2H3. The molecule has 1 aromatic rings. The van der Waals surface area contributed by atoms with Crippen LogP contribution in [-0.2, 0) is 0 Å². The van der Waals surface area contributed by atoms with E-state index in [9.17, 15) is 8.78 Å². The van der Waals surface area contributed by atoms with Crippen LogP contribution in [-0.4, -0.2) is 20.0 Å². The molecule has 0 saturated carbocycles. The van der Waals surface area contributed by atoms with Crippen LogP contribution in [0.2, 0.25) is 0 Å². The van der Waals surface area contributed by atoms with Crippen LogP contribution in [0.5, 0.6) is 0 Å². The van der Waals surface area contributed by atoms with E-state index < -0.39 is 6.43 Å². The molecule has 0 saturated heterocycles. The lowest BCUT2D eigenvalue weighted by Crippen LogP contribution is -2.24. The molecule has 0 aliphatic carbocycles. The van der Waals surface area contributed by atoms with Crippen molar-refractivity contribution in [2.75, 3.05) is 24.2 Å². The molecule has 0 heterocycles. The second-order valence-corrected chi connectivity index (χ2v) is 3.37. The van der Waals surface area contributed by atoms with Crippen LogP contribution in [0.4, 0.5) is 20.2 Å². The number of halogens is 2. The van der Waals surface area contributed by atoms with Crippen molar-refractivity contribution in [1.82, 2.24) is 0 Å². The maximum atomic E-state index is 12.1. The summed E-state index contributed by atoms with van der Waals surface area (Å²) in [5, 5.41) is 0. The second-order valence-electron chi connectivity index (χ2n) is 3.37. The van der Waals surface area contributed by atoms with Crippen LogP contribution in [0.3, 0.4) is 0 Å². The number of benzene rings is 1. The van der Waals surface area contributed by atoms with Crippen LogP contribution >= 0.6 is 0 Å². The van der Waals surface area contributed by atoms with Crippen molar-refractivity contribution in [3.63, 3.8) is 0 Å². The number of alkyl halides is 2. The Morgan fingerprint density at radius 1 is 1.36 bits per heavy atom. The van der Waals surface area contributed by atoms with E-state index in [1.165, 1.54) is 4.90 Å². The minimum Gasteiger partial charge on any atom is -0.399 e. The molecule has 2 nitrogen and oxygen atoms in total. The van der Waals surface area contributed by atoms with Crippen molar-refractivity contribution >= 4 is 11.4 Å². The monoisotopic (exact) mass is 200 g/mol. The average molecular weight is 200 g/mol. The normalized spacial score (nSPS) is 10.6. The highest BCUT2D eigenvalue weighted by atomic mass is 19.3. The Balaban J connectivity index is 2.84. The van der Waals surface area contributed by atoms with E-state index in [1.54, 1.807) is 19.2 Å². The van der Waals surface area contributed by atoms with Gasteiger partial charge in [0.1, 0.15) is 0 Å². The van der Waals surface area contributed by atoms with Gasteiger partial charge in [0.25, 0.3) is 6.43 Å². The Labute approximate surface area is 82.3 Å². The Morgan fingerprint density at radius 2 is 2.00 bits per heavy atom. The maximum absolute atomic E-state index is 12.1. The molecule has 0 unspecified atom stereocenters. The van der Waals surface area contributed by atoms with E-state index in [1.807, 2.05) is 13.0 Å². The summed E-state index contributed by atoms with van der Waals surface area (Å²) in [5.74, 6) is 0. The molecule has 14 heavy (non-hydrogen) atoms. The van der Waals surface area contributed by atoms with Gasteiger partial charge < -0.3 is 10.6 Å². The Hall–Kier alpha value is -1.32. The first-order chi connectivity index (χ1) is 6.49. The van der Waals surface area contributed by atoms with Gasteiger partial charge in [0, 0.05) is 18.4 Å². The van der Waals surface area contributed by atoms with Gasteiger partial charge in [-0.3, -0.25) is 0 Å². The van der Waals surface area contributed by atoms with Crippen LogP contribution in [0, 0.1) is 6.92 Å². The van der Waals surface area contributed by atoms with E-state index in [0.717, 1.165) is 11.3 Å². The molecule has 0 fully saturated rings. The largest absolute Gasteiger partial charge is 0.399 e. The van der Waals surface area contributed by atoms with Gasteiger partial charge >= 0.3 is 0 Å². The molecule has 78 valence electrons. The molecule has 2 N–H and O–H groups in total. The highest BCUT2D eigenvalue weighted by molar-refractivity contribution is 5.57. The summed E-state index contributed by atoms with van der Waals surface area (Å²) in [6.07, 6.45) is -2.33. The third-order valence-electron chi connectivity index (χ3n) is 1.94. The molecule has 1 aromatic carbocycles. The highest BCUT2D eigenvalue weighted by Crippen LogP contribution is 2.19. The van der Waals surface area contributed by atoms with Crippen LogP contribution in [0.25, 0.3) is 0 Å². The summed E-state index contributed by atoms with van der Waals surface area (Å²) in [6, 6.07) is 5.33. The first kappa shape index (κ1) is 10.8. The first-order valence-corrected chi connectivity index (χ1v) is 4.35. The van der Waals surface area contributed by atoms with Crippen LogP contribution in [0.1, 0.15) is 5.56 Å². The molecule has 0 spiro atoms. The number of aryl methyl sites for hydroxylation is 1. The minimum atomic E-state index is -2.33. The number of nitrogen functional groups attached to an aromatic ring is 1. The Bertz CT molecular complexity index is 293. The van der Waals surface area contributed by atoms with Crippen molar-refractivity contribution in [3.8, 4) is 0 Å². The van der Waals surface area contributed by atoms with Gasteiger partial charge in [-0.05, 0) is 30.7 Å². The van der Waals surface area contributed by atoms with Gasteiger partial charge in [-0.2, -0.15) is 0 Å². The molecule has 0 aliphatic rings. The molecule has 0 radical (unpaired) electrons. The fourth-order valence-corrected chi connectivity index (χ4v) is 1.32. The molecule has 1 rings (SSSR count). The number of rotatable bonds is 3. The predicted octanol–water partition coefficient (Wildman–Crippen LogP) is 2.28. The molecule has 4 heteroatoms. The zero-order valence-electron chi connectivity index (χ0n) is 8.30. The fourth-order valence-electron chi connectivity index (χ4n) is 1.32. The Kier molecular flexibility index (Phi) is 3.28. The number of nitrogens with two attached hydrogens (primary N) is 1. The third kappa shape index (κ3) is 2.87. The van der Waals surface area contributed by atoms with E-state index in [4.69, 9.17) is 5.73 Å². The van der Waals surface area contributed by atoms with Crippen molar-refractivity contribution < 1.29 is 8.78 Å². The number of nitrogens with zero attached hydrogens (tertiary/aromatic N) is 1. The van der Waals surface area contributed by atoms with Gasteiger partial charge in [-0.1, -0.05) is 0 Å². The number of hydrogen-bond acceptors (Lipinski definition) is 2. The molecule has 0 aromatic heterocycles. The maximum Gasteiger partial charge on any atom is 0.255 e. The zero-order valence-corrected chi connectivity index (χ0v) is 8.30. The van der Waals surface area contributed by atoms with Gasteiger partial charge in [0.15, 0.2) is 0 Å². The first-order valence-electron chi connectivity index (χ1n) is 4.35. The summed E-state index contributed by atoms with van der Waals surface area (Å²) < 4.78 is 24.2. The lowest BCUT2D eigenvalue weighted by molar-refractivity contribution is 0.156. The van der Waals surface area contributed by atoms with Crippen molar-refractivity contribution in [3.05, 3.63) is 23.8 Å². The van der Waals surface area contributed by atoms with Gasteiger partial charge in [-0.15, -0.1) is 0 Å². The third-order valence-corrected chi connectivity index (χ3v) is 1.94. The van der Waals surface area contributed by atoms with Gasteiger partial charge in [0.2, 0.25) is 0 Å². The van der Waals surface area contributed by atoms with E-state index in [0.29, 0.717) is 5.69 Å². The second kappa shape index (κ2) is 4.26. The predicted molar refractivity (Wildman–Crippen MR) is 54.9 cm³/mol. The van der Waals surface area contributed by atoms with Gasteiger partial charge in [-0.25, -0.2) is 8.78 Å². The summed E-state index contributed by atoms with van der Waals surface area (Å²) in [7, 11) is 1.63. The van der Waals surface area contributed by atoms with Gasteiger partial charge in [0.05, 0.1) is 6.54 Å². The molecular weight excluding hydrogens is 186 g/mol. The van der Waals surface area contributed by atoms with Crippen molar-refractivity contribution in [1.29, 1.82) is 0 Å². The van der Waals surface area contributed by atoms with E-state index in [2.05, 4.69) is 0 Å². The quantitative estimate of drug-likeness (QED) is 0.758. The average Bonchev–Trinajstić information content (AvgIpc) is 2.00. The zero-order chi connectivity index (χ0) is 10.7. The molecule has 0 atom stereocenters. The SMILES string of the molecule is Cc1cc(N)cc(N(C)CC(F)F)c1. The van der Waals surface area contributed by atoms with Crippen molar-refractivity contribution in [2.24, 2.45) is 0 Å². The van der Waals surface area contributed by atoms with E-state index >= 15 is 0 Å². The molecular formula is C10H14F2N2. The molecule has 0 bridgehead atoms. The summed E-state index contributed by atoms with van der Waals surface area (Å²) >= 11 is 0. The number of hydrogen-bond donors (Lipinski definition) is 1. The van der Waals surface area contributed by atoms with Crippen molar-refractivity contribution in [2.45, 2.75) is 13.3 Å². The summed E-state index contributed by atoms with van der Waals surface area (Å²) in [5.41, 5.74) is 7.91. The number of anilines is 2. The fraction of sp³-hybridized carbons (Fsp3) is 0.400. The topological polar surface area (TPSA) is 29.3 Å². The summed E-state index contributed by atoms with van der Waals surface area (Å²) in [6.45, 7) is 1.61.